The molecule has 0 aliphatic heterocycles. The smallest absolute Gasteiger partial charge is 0.468 e. The number of alkyl halides is 3. The Labute approximate surface area is 114 Å². The molecule has 4 nitrogen and oxygen atoms in total. The van der Waals surface area contributed by atoms with Crippen LogP contribution in [0.1, 0.15) is 25.5 Å². The first-order valence-corrected chi connectivity index (χ1v) is 5.92. The zero-order chi connectivity index (χ0) is 15.3. The van der Waals surface area contributed by atoms with E-state index in [2.05, 4.69) is 14.8 Å². The van der Waals surface area contributed by atoms with E-state index >= 15 is 0 Å². The van der Waals surface area contributed by atoms with E-state index in [0.29, 0.717) is 0 Å². The van der Waals surface area contributed by atoms with Gasteiger partial charge in [-0.05, 0) is 31.5 Å². The number of hydrogen-bond donors (Lipinski definition) is 1. The average molecular weight is 291 g/mol. The third-order valence-corrected chi connectivity index (χ3v) is 2.67. The van der Waals surface area contributed by atoms with Crippen LogP contribution >= 0.6 is 0 Å². The molecule has 0 saturated carbocycles. The minimum atomic E-state index is -4.70. The van der Waals surface area contributed by atoms with Gasteiger partial charge >= 0.3 is 12.3 Å². The SMILES string of the molecule is COC(=O)[C@H](C)NC(C)c1ccc(OC(F)(F)F)cc1. The molecule has 0 aliphatic rings. The number of ether oxygens (including phenoxy) is 2. The van der Waals surface area contributed by atoms with Crippen LogP contribution in [0.2, 0.25) is 0 Å². The molecule has 1 unspecified atom stereocenters. The topological polar surface area (TPSA) is 47.6 Å². The Bertz CT molecular complexity index is 445. The first-order chi connectivity index (χ1) is 9.23. The van der Waals surface area contributed by atoms with Crippen LogP contribution in [0.3, 0.4) is 0 Å². The fourth-order valence-corrected chi connectivity index (χ4v) is 1.67. The van der Waals surface area contributed by atoms with Crippen LogP contribution in [0.15, 0.2) is 24.3 Å². The molecule has 112 valence electrons. The van der Waals surface area contributed by atoms with Crippen LogP contribution in [0.5, 0.6) is 5.75 Å². The van der Waals surface area contributed by atoms with E-state index in [1.165, 1.54) is 31.4 Å². The lowest BCUT2D eigenvalue weighted by Gasteiger charge is -2.19. The first kappa shape index (κ1) is 16.3. The first-order valence-electron chi connectivity index (χ1n) is 5.92. The van der Waals surface area contributed by atoms with E-state index < -0.39 is 18.4 Å². The summed E-state index contributed by atoms with van der Waals surface area (Å²) in [5.74, 6) is -0.691. The lowest BCUT2D eigenvalue weighted by atomic mass is 10.1. The van der Waals surface area contributed by atoms with Crippen LogP contribution in [0.25, 0.3) is 0 Å². The third kappa shape index (κ3) is 5.08. The number of methoxy groups -OCH3 is 1. The Morgan fingerprint density at radius 3 is 2.20 bits per heavy atom. The quantitative estimate of drug-likeness (QED) is 0.847. The molecular weight excluding hydrogens is 275 g/mol. The minimum absolute atomic E-state index is 0.218. The molecule has 1 N–H and O–H groups in total. The summed E-state index contributed by atoms with van der Waals surface area (Å²) in [6.45, 7) is 3.43. The van der Waals surface area contributed by atoms with Crippen LogP contribution < -0.4 is 10.1 Å². The van der Waals surface area contributed by atoms with Gasteiger partial charge in [-0.3, -0.25) is 10.1 Å². The van der Waals surface area contributed by atoms with Gasteiger partial charge in [-0.15, -0.1) is 13.2 Å². The molecule has 1 aromatic carbocycles. The number of halogens is 3. The fourth-order valence-electron chi connectivity index (χ4n) is 1.67. The molecule has 0 fully saturated rings. The predicted molar refractivity (Wildman–Crippen MR) is 66.2 cm³/mol. The van der Waals surface area contributed by atoms with E-state index in [9.17, 15) is 18.0 Å². The minimum Gasteiger partial charge on any atom is -0.468 e. The van der Waals surface area contributed by atoms with Gasteiger partial charge in [0.15, 0.2) is 0 Å². The van der Waals surface area contributed by atoms with Crippen molar-refractivity contribution in [2.45, 2.75) is 32.3 Å². The molecule has 0 spiro atoms. The highest BCUT2D eigenvalue weighted by Crippen LogP contribution is 2.24. The lowest BCUT2D eigenvalue weighted by Crippen LogP contribution is -2.36. The van der Waals surface area contributed by atoms with Crippen molar-refractivity contribution >= 4 is 5.97 Å². The summed E-state index contributed by atoms with van der Waals surface area (Å²) in [6, 6.07) is 4.73. The maximum absolute atomic E-state index is 12.0. The predicted octanol–water partition coefficient (Wildman–Crippen LogP) is 2.80. The maximum atomic E-state index is 12.0. The van der Waals surface area contributed by atoms with Gasteiger partial charge in [-0.25, -0.2) is 0 Å². The molecule has 0 aliphatic carbocycles. The molecular formula is C13H16F3NO3. The lowest BCUT2D eigenvalue weighted by molar-refractivity contribution is -0.274. The number of carbonyl (C=O) groups excluding carboxylic acids is 1. The van der Waals surface area contributed by atoms with Crippen molar-refractivity contribution in [3.8, 4) is 5.75 Å². The van der Waals surface area contributed by atoms with Gasteiger partial charge in [0, 0.05) is 6.04 Å². The van der Waals surface area contributed by atoms with Gasteiger partial charge in [0.1, 0.15) is 11.8 Å². The Morgan fingerprint density at radius 1 is 1.20 bits per heavy atom. The molecule has 7 heteroatoms. The van der Waals surface area contributed by atoms with Gasteiger partial charge in [-0.1, -0.05) is 12.1 Å². The maximum Gasteiger partial charge on any atom is 0.573 e. The van der Waals surface area contributed by atoms with Gasteiger partial charge < -0.3 is 9.47 Å². The van der Waals surface area contributed by atoms with Crippen LogP contribution in [0.4, 0.5) is 13.2 Å². The fraction of sp³-hybridized carbons (Fsp3) is 0.462. The van der Waals surface area contributed by atoms with Crippen molar-refractivity contribution in [1.82, 2.24) is 5.32 Å². The van der Waals surface area contributed by atoms with E-state index in [0.717, 1.165) is 5.56 Å². The summed E-state index contributed by atoms with van der Waals surface area (Å²) < 4.78 is 44.4. The molecule has 2 atom stereocenters. The van der Waals surface area contributed by atoms with E-state index in [1.54, 1.807) is 13.8 Å². The highest BCUT2D eigenvalue weighted by molar-refractivity contribution is 5.75. The molecule has 1 aromatic rings. The zero-order valence-electron chi connectivity index (χ0n) is 11.3. The second kappa shape index (κ2) is 6.60. The molecule has 0 saturated heterocycles. The molecule has 0 heterocycles. The highest BCUT2D eigenvalue weighted by Gasteiger charge is 2.31. The Kier molecular flexibility index (Phi) is 5.38. The number of rotatable bonds is 5. The number of carbonyl (C=O) groups is 1. The van der Waals surface area contributed by atoms with E-state index in [4.69, 9.17) is 0 Å². The number of nitrogens with one attached hydrogen (secondary N) is 1. The van der Waals surface area contributed by atoms with Gasteiger partial charge in [0.2, 0.25) is 0 Å². The second-order valence-corrected chi connectivity index (χ2v) is 4.25. The Balaban J connectivity index is 2.66. The van der Waals surface area contributed by atoms with Crippen LogP contribution in [0, 0.1) is 0 Å². The average Bonchev–Trinajstić information content (AvgIpc) is 2.36. The third-order valence-electron chi connectivity index (χ3n) is 2.67. The summed E-state index contributed by atoms with van der Waals surface area (Å²) in [5, 5.41) is 2.98. The largest absolute Gasteiger partial charge is 0.573 e. The molecule has 0 aromatic heterocycles. The standard InChI is InChI=1S/C13H16F3NO3/c1-8(17-9(2)12(18)19-3)10-4-6-11(7-5-10)20-13(14,15)16/h4-9,17H,1-3H3/t8?,9-/m0/s1. The van der Waals surface area contributed by atoms with Crippen molar-refractivity contribution in [2.24, 2.45) is 0 Å². The Hall–Kier alpha value is -1.76. The van der Waals surface area contributed by atoms with Crippen LogP contribution in [-0.4, -0.2) is 25.5 Å². The van der Waals surface area contributed by atoms with Crippen molar-refractivity contribution in [2.75, 3.05) is 7.11 Å². The van der Waals surface area contributed by atoms with Gasteiger partial charge in [0.25, 0.3) is 0 Å². The Morgan fingerprint density at radius 2 is 1.75 bits per heavy atom. The van der Waals surface area contributed by atoms with Crippen LogP contribution in [-0.2, 0) is 9.53 Å². The zero-order valence-corrected chi connectivity index (χ0v) is 11.3. The highest BCUT2D eigenvalue weighted by atomic mass is 19.4. The summed E-state index contributed by atoms with van der Waals surface area (Å²) >= 11 is 0. The monoisotopic (exact) mass is 291 g/mol. The normalized spacial score (nSPS) is 14.5. The molecule has 20 heavy (non-hydrogen) atoms. The molecule has 0 amide bonds. The number of esters is 1. The number of benzene rings is 1. The summed E-state index contributed by atoms with van der Waals surface area (Å²) in [4.78, 5) is 11.3. The van der Waals surface area contributed by atoms with Crippen molar-refractivity contribution < 1.29 is 27.4 Å². The number of hydrogen-bond acceptors (Lipinski definition) is 4. The van der Waals surface area contributed by atoms with E-state index in [-0.39, 0.29) is 11.8 Å². The molecule has 1 rings (SSSR count). The van der Waals surface area contributed by atoms with Crippen molar-refractivity contribution in [3.05, 3.63) is 29.8 Å². The van der Waals surface area contributed by atoms with Crippen molar-refractivity contribution in [3.63, 3.8) is 0 Å². The van der Waals surface area contributed by atoms with Gasteiger partial charge in [-0.2, -0.15) is 0 Å². The summed E-state index contributed by atoms with van der Waals surface area (Å²) in [7, 11) is 1.29. The van der Waals surface area contributed by atoms with Crippen molar-refractivity contribution in [1.29, 1.82) is 0 Å². The summed E-state index contributed by atoms with van der Waals surface area (Å²) in [6.07, 6.45) is -4.70. The second-order valence-electron chi connectivity index (χ2n) is 4.25. The summed E-state index contributed by atoms with van der Waals surface area (Å²) in [5.41, 5.74) is 0.732. The van der Waals surface area contributed by atoms with Gasteiger partial charge in [0.05, 0.1) is 7.11 Å². The molecule has 0 radical (unpaired) electrons. The van der Waals surface area contributed by atoms with E-state index in [1.807, 2.05) is 0 Å². The molecule has 0 bridgehead atoms.